The van der Waals surface area contributed by atoms with Gasteiger partial charge >= 0.3 is 5.69 Å². The van der Waals surface area contributed by atoms with Crippen molar-refractivity contribution in [2.45, 2.75) is 50.5 Å². The first-order valence-corrected chi connectivity index (χ1v) is 14.3. The number of nitrogens with zero attached hydrogens (tertiary/aromatic N) is 2. The van der Waals surface area contributed by atoms with E-state index in [2.05, 4.69) is 43.4 Å². The molecular formula is C29H29BrN4O3S. The maximum Gasteiger partial charge on any atom is 0.335 e. The first kappa shape index (κ1) is 25.2. The third-order valence-electron chi connectivity index (χ3n) is 8.56. The number of aromatic amines is 1. The van der Waals surface area contributed by atoms with Gasteiger partial charge in [-0.2, -0.15) is 0 Å². The Labute approximate surface area is 234 Å². The fourth-order valence-corrected chi connectivity index (χ4v) is 7.98. The summed E-state index contributed by atoms with van der Waals surface area (Å²) >= 11 is 8.91. The molecule has 9 heteroatoms. The van der Waals surface area contributed by atoms with Crippen LogP contribution in [0.25, 0.3) is 5.69 Å². The number of thiocarbonyl (C=S) groups is 1. The minimum absolute atomic E-state index is 0.148. The topological polar surface area (TPSA) is 99.5 Å². The lowest BCUT2D eigenvalue weighted by Gasteiger charge is -2.57. The zero-order valence-corrected chi connectivity index (χ0v) is 23.2. The summed E-state index contributed by atoms with van der Waals surface area (Å²) in [6.07, 6.45) is 8.98. The Morgan fingerprint density at radius 1 is 1.11 bits per heavy atom. The van der Waals surface area contributed by atoms with Crippen LogP contribution in [0.2, 0.25) is 0 Å². The largest absolute Gasteiger partial charge is 0.493 e. The van der Waals surface area contributed by atoms with Crippen LogP contribution in [-0.4, -0.2) is 26.0 Å². The van der Waals surface area contributed by atoms with Crippen molar-refractivity contribution in [2.75, 3.05) is 0 Å². The van der Waals surface area contributed by atoms with E-state index in [4.69, 9.17) is 12.2 Å². The minimum atomic E-state index is -0.736. The molecule has 7 rings (SSSR count). The maximum atomic E-state index is 12.8. The summed E-state index contributed by atoms with van der Waals surface area (Å²) < 4.78 is 1.79. The molecule has 4 fully saturated rings. The summed E-state index contributed by atoms with van der Waals surface area (Å²) in [6, 6.07) is 15.7. The number of hydrogen-bond acceptors (Lipinski definition) is 4. The van der Waals surface area contributed by atoms with Crippen LogP contribution < -0.4 is 16.6 Å². The number of aromatic nitrogens is 2. The Bertz CT molecular complexity index is 1510. The number of aliphatic imine (C=N–C) groups is 1. The molecule has 0 saturated heterocycles. The molecule has 0 atom stereocenters. The van der Waals surface area contributed by atoms with Crippen molar-refractivity contribution in [3.63, 3.8) is 0 Å². The first-order valence-electron chi connectivity index (χ1n) is 13.1. The van der Waals surface area contributed by atoms with E-state index in [9.17, 15) is 14.7 Å². The van der Waals surface area contributed by atoms with Gasteiger partial charge in [-0.3, -0.25) is 9.78 Å². The summed E-state index contributed by atoms with van der Waals surface area (Å²) in [5, 5.41) is 14.2. The van der Waals surface area contributed by atoms with Gasteiger partial charge in [-0.15, -0.1) is 0 Å². The Kier molecular flexibility index (Phi) is 6.60. The molecule has 2 aromatic carbocycles. The number of rotatable bonds is 5. The molecule has 3 N–H and O–H groups in total. The highest BCUT2D eigenvalue weighted by Gasteiger charge is 2.51. The van der Waals surface area contributed by atoms with Gasteiger partial charge in [0.05, 0.1) is 5.69 Å². The van der Waals surface area contributed by atoms with Gasteiger partial charge in [0.1, 0.15) is 5.56 Å². The van der Waals surface area contributed by atoms with Crippen molar-refractivity contribution in [3.05, 3.63) is 90.5 Å². The molecule has 4 aliphatic rings. The second-order valence-electron chi connectivity index (χ2n) is 11.1. The monoisotopic (exact) mass is 592 g/mol. The molecule has 0 spiro atoms. The van der Waals surface area contributed by atoms with Crippen LogP contribution in [0.5, 0.6) is 5.88 Å². The second-order valence-corrected chi connectivity index (χ2v) is 12.3. The van der Waals surface area contributed by atoms with Crippen molar-refractivity contribution in [1.29, 1.82) is 0 Å². The maximum absolute atomic E-state index is 12.8. The van der Waals surface area contributed by atoms with Crippen LogP contribution in [0.15, 0.2) is 67.6 Å². The van der Waals surface area contributed by atoms with Crippen molar-refractivity contribution in [2.24, 2.45) is 22.7 Å². The number of halogens is 1. The Balaban J connectivity index is 1.27. The standard InChI is InChI=1S/C29H29BrN4O3S/c30-23-11-21(29-12-18-8-19(13-29)10-20(9-18)14-29)6-7-24(23)34-26(36)22(25(35)33-28(34)37)16-32-27(38)31-15-17-4-2-1-3-5-17/h1-7,11,16,18-20,36H,8-10,12-15H2,(H,31,38)(H,33,35,37). The van der Waals surface area contributed by atoms with E-state index < -0.39 is 17.1 Å². The number of H-pyrrole nitrogens is 1. The Morgan fingerprint density at radius 2 is 1.76 bits per heavy atom. The predicted octanol–water partition coefficient (Wildman–Crippen LogP) is 4.96. The third-order valence-corrected chi connectivity index (χ3v) is 9.44. The zero-order valence-electron chi connectivity index (χ0n) is 20.8. The molecule has 0 aliphatic heterocycles. The molecule has 196 valence electrons. The van der Waals surface area contributed by atoms with Crippen LogP contribution in [0.4, 0.5) is 0 Å². The quantitative estimate of drug-likeness (QED) is 0.287. The molecule has 38 heavy (non-hydrogen) atoms. The zero-order chi connectivity index (χ0) is 26.4. The molecule has 1 heterocycles. The number of benzene rings is 2. The summed E-state index contributed by atoms with van der Waals surface area (Å²) in [5.41, 5.74) is 1.37. The van der Waals surface area contributed by atoms with Crippen LogP contribution >= 0.6 is 28.1 Å². The molecule has 1 aromatic heterocycles. The van der Waals surface area contributed by atoms with Crippen LogP contribution in [0, 0.1) is 17.8 Å². The average molecular weight is 594 g/mol. The van der Waals surface area contributed by atoms with Crippen LogP contribution in [0.3, 0.4) is 0 Å². The summed E-state index contributed by atoms with van der Waals surface area (Å²) in [4.78, 5) is 31.8. The van der Waals surface area contributed by atoms with Crippen LogP contribution in [-0.2, 0) is 12.0 Å². The molecule has 0 unspecified atom stereocenters. The highest BCUT2D eigenvalue weighted by atomic mass is 79.9. The average Bonchev–Trinajstić information content (AvgIpc) is 2.88. The number of hydrogen-bond donors (Lipinski definition) is 3. The lowest BCUT2D eigenvalue weighted by Crippen LogP contribution is -2.48. The van der Waals surface area contributed by atoms with Crippen molar-refractivity contribution in [1.82, 2.24) is 14.9 Å². The fraction of sp³-hybridized carbons (Fsp3) is 0.379. The van der Waals surface area contributed by atoms with Gasteiger partial charge in [0.2, 0.25) is 5.88 Å². The molecule has 3 aromatic rings. The summed E-state index contributed by atoms with van der Waals surface area (Å²) in [5.74, 6) is 1.97. The van der Waals surface area contributed by atoms with E-state index in [-0.39, 0.29) is 16.1 Å². The van der Waals surface area contributed by atoms with E-state index >= 15 is 0 Å². The molecule has 0 amide bonds. The lowest BCUT2D eigenvalue weighted by molar-refractivity contribution is -0.00521. The van der Waals surface area contributed by atoms with Crippen LogP contribution in [0.1, 0.15) is 55.2 Å². The highest BCUT2D eigenvalue weighted by molar-refractivity contribution is 9.10. The van der Waals surface area contributed by atoms with Gasteiger partial charge in [-0.05, 0) is 113 Å². The van der Waals surface area contributed by atoms with Gasteiger partial charge in [-0.1, -0.05) is 36.4 Å². The van der Waals surface area contributed by atoms with Gasteiger partial charge in [0, 0.05) is 17.2 Å². The molecular weight excluding hydrogens is 564 g/mol. The van der Waals surface area contributed by atoms with Crippen molar-refractivity contribution < 1.29 is 5.11 Å². The minimum Gasteiger partial charge on any atom is -0.493 e. The molecule has 0 radical (unpaired) electrons. The summed E-state index contributed by atoms with van der Waals surface area (Å²) in [7, 11) is 0. The van der Waals surface area contributed by atoms with Gasteiger partial charge < -0.3 is 10.4 Å². The lowest BCUT2D eigenvalue weighted by atomic mass is 9.48. The third kappa shape index (κ3) is 4.66. The van der Waals surface area contributed by atoms with E-state index in [1.165, 1.54) is 50.3 Å². The molecule has 4 aliphatic carbocycles. The summed E-state index contributed by atoms with van der Waals surface area (Å²) in [6.45, 7) is 0.474. The Morgan fingerprint density at radius 3 is 2.39 bits per heavy atom. The number of aromatic hydroxyl groups is 1. The van der Waals surface area contributed by atoms with Crippen molar-refractivity contribution in [3.8, 4) is 11.6 Å². The molecule has 4 saturated carbocycles. The van der Waals surface area contributed by atoms with Gasteiger partial charge in [-0.25, -0.2) is 14.4 Å². The van der Waals surface area contributed by atoms with Gasteiger partial charge in [0.25, 0.3) is 5.56 Å². The van der Waals surface area contributed by atoms with E-state index in [0.717, 1.165) is 27.9 Å². The predicted molar refractivity (Wildman–Crippen MR) is 155 cm³/mol. The fourth-order valence-electron chi connectivity index (χ4n) is 7.30. The SMILES string of the molecule is O=c1[nH]c(=O)n(-c2ccc(C34CC5CC(CC(C5)C3)C4)cc2Br)c(O)c1C=NC(=S)NCc1ccccc1. The normalized spacial score (nSPS) is 25.7. The first-order chi connectivity index (χ1) is 18.3. The van der Waals surface area contributed by atoms with E-state index in [1.807, 2.05) is 36.4 Å². The number of nitrogens with one attached hydrogen (secondary N) is 2. The van der Waals surface area contributed by atoms with E-state index in [0.29, 0.717) is 16.7 Å². The smallest absolute Gasteiger partial charge is 0.335 e. The van der Waals surface area contributed by atoms with E-state index in [1.54, 1.807) is 0 Å². The van der Waals surface area contributed by atoms with Gasteiger partial charge in [0.15, 0.2) is 5.11 Å². The van der Waals surface area contributed by atoms with Crippen molar-refractivity contribution >= 4 is 39.5 Å². The molecule has 7 nitrogen and oxygen atoms in total. The second kappa shape index (κ2) is 9.93. The highest BCUT2D eigenvalue weighted by Crippen LogP contribution is 2.60. The Hall–Kier alpha value is -3.04. The molecule has 4 bridgehead atoms.